The Hall–Kier alpha value is -4.12. The summed E-state index contributed by atoms with van der Waals surface area (Å²) in [5, 5.41) is 18.4. The van der Waals surface area contributed by atoms with E-state index in [0.717, 1.165) is 11.1 Å². The number of methoxy groups -OCH3 is 1. The van der Waals surface area contributed by atoms with Crippen molar-refractivity contribution in [2.24, 2.45) is 0 Å². The van der Waals surface area contributed by atoms with E-state index >= 15 is 0 Å². The van der Waals surface area contributed by atoms with Gasteiger partial charge in [-0.3, -0.25) is 0 Å². The Bertz CT molecular complexity index is 1220. The van der Waals surface area contributed by atoms with Gasteiger partial charge in [0.2, 0.25) is 5.88 Å². The highest BCUT2D eigenvalue weighted by atomic mass is 16.5. The fraction of sp³-hybridized carbons (Fsp3) is 0.143. The number of rotatable bonds is 5. The van der Waals surface area contributed by atoms with E-state index in [4.69, 9.17) is 15.2 Å². The van der Waals surface area contributed by atoms with Crippen LogP contribution in [0.2, 0.25) is 0 Å². The van der Waals surface area contributed by atoms with Crippen molar-refractivity contribution < 1.29 is 9.47 Å². The number of nitrogens with zero attached hydrogens (tertiary/aromatic N) is 5. The van der Waals surface area contributed by atoms with Gasteiger partial charge >= 0.3 is 0 Å². The van der Waals surface area contributed by atoms with Gasteiger partial charge in [-0.1, -0.05) is 29.5 Å². The lowest BCUT2D eigenvalue weighted by molar-refractivity contribution is 0.326. The number of nitrogens with two attached hydrogens (primary N) is 1. The Labute approximate surface area is 167 Å². The molecule has 0 atom stereocenters. The predicted molar refractivity (Wildman–Crippen MR) is 109 cm³/mol. The van der Waals surface area contributed by atoms with Crippen LogP contribution in [0.5, 0.6) is 11.6 Å². The first-order valence-corrected chi connectivity index (χ1v) is 8.99. The highest BCUT2D eigenvalue weighted by Gasteiger charge is 2.24. The van der Waals surface area contributed by atoms with Gasteiger partial charge in [-0.05, 0) is 36.8 Å². The third-order valence-electron chi connectivity index (χ3n) is 4.50. The number of nitrogen functional groups attached to an aromatic ring is 1. The van der Waals surface area contributed by atoms with E-state index < -0.39 is 0 Å². The van der Waals surface area contributed by atoms with Crippen molar-refractivity contribution in [2.75, 3.05) is 19.5 Å². The highest BCUT2D eigenvalue weighted by molar-refractivity contribution is 5.88. The molecule has 2 heterocycles. The SMILES string of the molecule is CCOc1nc(N)c(-n2nnc3ccccc32)c(-c2ccc(OC)cc2)c1C#N. The number of pyridine rings is 1. The van der Waals surface area contributed by atoms with Crippen molar-refractivity contribution in [2.45, 2.75) is 6.92 Å². The maximum Gasteiger partial charge on any atom is 0.234 e. The van der Waals surface area contributed by atoms with Gasteiger partial charge in [0.05, 0.1) is 19.2 Å². The van der Waals surface area contributed by atoms with Crippen LogP contribution in [0.1, 0.15) is 12.5 Å². The topological polar surface area (TPSA) is 112 Å². The molecule has 8 heteroatoms. The zero-order valence-corrected chi connectivity index (χ0v) is 16.0. The molecule has 0 bridgehead atoms. The van der Waals surface area contributed by atoms with Gasteiger partial charge in [0.1, 0.15) is 28.6 Å². The molecule has 2 aromatic carbocycles. The number of para-hydroxylation sites is 1. The summed E-state index contributed by atoms with van der Waals surface area (Å²) in [5.74, 6) is 1.08. The van der Waals surface area contributed by atoms with E-state index in [1.54, 1.807) is 11.8 Å². The van der Waals surface area contributed by atoms with Gasteiger partial charge in [-0.25, -0.2) is 4.68 Å². The molecular formula is C21H18N6O2. The minimum Gasteiger partial charge on any atom is -0.497 e. The van der Waals surface area contributed by atoms with E-state index in [1.807, 2.05) is 55.5 Å². The average molecular weight is 386 g/mol. The number of fused-ring (bicyclic) bond motifs is 1. The quantitative estimate of drug-likeness (QED) is 0.560. The monoisotopic (exact) mass is 386 g/mol. The van der Waals surface area contributed by atoms with Crippen LogP contribution < -0.4 is 15.2 Å². The summed E-state index contributed by atoms with van der Waals surface area (Å²) >= 11 is 0. The molecule has 0 saturated heterocycles. The minimum absolute atomic E-state index is 0.187. The zero-order valence-electron chi connectivity index (χ0n) is 16.0. The molecule has 0 fully saturated rings. The smallest absolute Gasteiger partial charge is 0.234 e. The summed E-state index contributed by atoms with van der Waals surface area (Å²) in [5.41, 5.74) is 9.88. The summed E-state index contributed by atoms with van der Waals surface area (Å²) in [6.07, 6.45) is 0. The Morgan fingerprint density at radius 3 is 2.59 bits per heavy atom. The first-order chi connectivity index (χ1) is 14.2. The van der Waals surface area contributed by atoms with Crippen LogP contribution in [0, 0.1) is 11.3 Å². The number of aromatic nitrogens is 4. The van der Waals surface area contributed by atoms with Gasteiger partial charge < -0.3 is 15.2 Å². The lowest BCUT2D eigenvalue weighted by Gasteiger charge is -2.17. The molecule has 29 heavy (non-hydrogen) atoms. The summed E-state index contributed by atoms with van der Waals surface area (Å²) in [6, 6.07) is 17.1. The van der Waals surface area contributed by atoms with Crippen LogP contribution in [0.4, 0.5) is 5.82 Å². The number of hydrogen-bond acceptors (Lipinski definition) is 7. The molecule has 0 spiro atoms. The van der Waals surface area contributed by atoms with Crippen molar-refractivity contribution in [3.8, 4) is 34.5 Å². The van der Waals surface area contributed by atoms with Gasteiger partial charge in [-0.2, -0.15) is 10.2 Å². The first-order valence-electron chi connectivity index (χ1n) is 8.99. The number of hydrogen-bond donors (Lipinski definition) is 1. The Balaban J connectivity index is 2.08. The highest BCUT2D eigenvalue weighted by Crippen LogP contribution is 2.39. The largest absolute Gasteiger partial charge is 0.497 e. The number of anilines is 1. The third-order valence-corrected chi connectivity index (χ3v) is 4.50. The first kappa shape index (κ1) is 18.3. The third kappa shape index (κ3) is 3.08. The van der Waals surface area contributed by atoms with Crippen LogP contribution >= 0.6 is 0 Å². The van der Waals surface area contributed by atoms with Crippen LogP contribution in [0.15, 0.2) is 48.5 Å². The van der Waals surface area contributed by atoms with Crippen molar-refractivity contribution in [1.82, 2.24) is 20.0 Å². The number of benzene rings is 2. The van der Waals surface area contributed by atoms with Gasteiger partial charge in [0, 0.05) is 5.56 Å². The second-order valence-corrected chi connectivity index (χ2v) is 6.16. The van der Waals surface area contributed by atoms with Crippen LogP contribution in [0.3, 0.4) is 0 Å². The summed E-state index contributed by atoms with van der Waals surface area (Å²) in [7, 11) is 1.60. The Kier molecular flexibility index (Phi) is 4.71. The minimum atomic E-state index is 0.187. The Morgan fingerprint density at radius 2 is 1.90 bits per heavy atom. The van der Waals surface area contributed by atoms with Crippen molar-refractivity contribution >= 4 is 16.9 Å². The van der Waals surface area contributed by atoms with Crippen molar-refractivity contribution in [1.29, 1.82) is 5.26 Å². The van der Waals surface area contributed by atoms with Crippen LogP contribution in [-0.2, 0) is 0 Å². The zero-order chi connectivity index (χ0) is 20.4. The van der Waals surface area contributed by atoms with Gasteiger partial charge in [0.25, 0.3) is 0 Å². The van der Waals surface area contributed by atoms with Crippen LogP contribution in [-0.4, -0.2) is 33.7 Å². The van der Waals surface area contributed by atoms with E-state index in [0.29, 0.717) is 29.1 Å². The van der Waals surface area contributed by atoms with E-state index in [2.05, 4.69) is 21.4 Å². The van der Waals surface area contributed by atoms with E-state index in [9.17, 15) is 5.26 Å². The molecule has 0 amide bonds. The number of ether oxygens (including phenoxy) is 2. The molecule has 0 saturated carbocycles. The molecule has 0 aliphatic heterocycles. The standard InChI is InChI=1S/C21H18N6O2/c1-3-29-21-15(12-22)18(13-8-10-14(28-2)11-9-13)19(20(23)24-21)27-17-7-5-4-6-16(17)25-26-27/h4-11H,3H2,1-2H3,(H2,23,24). The summed E-state index contributed by atoms with van der Waals surface area (Å²) < 4.78 is 12.5. The normalized spacial score (nSPS) is 10.7. The van der Waals surface area contributed by atoms with Gasteiger partial charge in [-0.15, -0.1) is 5.10 Å². The van der Waals surface area contributed by atoms with E-state index in [1.165, 1.54) is 0 Å². The van der Waals surface area contributed by atoms with Gasteiger partial charge in [0.15, 0.2) is 5.82 Å². The molecule has 8 nitrogen and oxygen atoms in total. The van der Waals surface area contributed by atoms with Crippen molar-refractivity contribution in [3.05, 3.63) is 54.1 Å². The van der Waals surface area contributed by atoms with Crippen LogP contribution in [0.25, 0.3) is 27.8 Å². The summed E-state index contributed by atoms with van der Waals surface area (Å²) in [4.78, 5) is 4.34. The second-order valence-electron chi connectivity index (χ2n) is 6.16. The van der Waals surface area contributed by atoms with Crippen molar-refractivity contribution in [3.63, 3.8) is 0 Å². The molecule has 4 aromatic rings. The Morgan fingerprint density at radius 1 is 1.14 bits per heavy atom. The lowest BCUT2D eigenvalue weighted by Crippen LogP contribution is -2.10. The maximum atomic E-state index is 9.93. The maximum absolute atomic E-state index is 9.93. The molecule has 0 aliphatic rings. The fourth-order valence-corrected chi connectivity index (χ4v) is 3.20. The molecular weight excluding hydrogens is 368 g/mol. The molecule has 0 unspecified atom stereocenters. The molecule has 0 radical (unpaired) electrons. The van der Waals surface area contributed by atoms with E-state index in [-0.39, 0.29) is 17.3 Å². The molecule has 2 aromatic heterocycles. The summed E-state index contributed by atoms with van der Waals surface area (Å²) in [6.45, 7) is 2.18. The second kappa shape index (κ2) is 7.48. The lowest BCUT2D eigenvalue weighted by atomic mass is 9.99. The average Bonchev–Trinajstić information content (AvgIpc) is 3.17. The predicted octanol–water partition coefficient (Wildman–Crippen LogP) is 3.34. The fourth-order valence-electron chi connectivity index (χ4n) is 3.20. The molecule has 144 valence electrons. The molecule has 4 rings (SSSR count). The number of nitriles is 1. The molecule has 0 aliphatic carbocycles. The molecule has 2 N–H and O–H groups in total.